The van der Waals surface area contributed by atoms with Gasteiger partial charge in [0.25, 0.3) is 5.91 Å². The van der Waals surface area contributed by atoms with Gasteiger partial charge >= 0.3 is 12.1 Å². The maximum atomic E-state index is 12.3. The topological polar surface area (TPSA) is 118 Å². The molecule has 0 bridgehead atoms. The molecule has 1 fully saturated rings. The minimum Gasteiger partial charge on any atom is -0.481 e. The van der Waals surface area contributed by atoms with Crippen LogP contribution in [-0.4, -0.2) is 47.3 Å². The van der Waals surface area contributed by atoms with Gasteiger partial charge < -0.3 is 20.5 Å². The first-order chi connectivity index (χ1) is 17.0. The molecule has 1 saturated carbocycles. The van der Waals surface area contributed by atoms with Crippen molar-refractivity contribution in [3.05, 3.63) is 75.7 Å². The van der Waals surface area contributed by atoms with Crippen molar-refractivity contribution in [1.29, 1.82) is 0 Å². The number of benzene rings is 2. The van der Waals surface area contributed by atoms with Gasteiger partial charge in [-0.25, -0.2) is 9.78 Å². The highest BCUT2D eigenvalue weighted by molar-refractivity contribution is 7.09. The lowest BCUT2D eigenvalue weighted by Crippen LogP contribution is -2.46. The van der Waals surface area contributed by atoms with E-state index in [-0.39, 0.29) is 30.4 Å². The minimum absolute atomic E-state index is 0.00892. The number of nitrogens with one attached hydrogen (secondary N) is 2. The van der Waals surface area contributed by atoms with Crippen LogP contribution in [0.15, 0.2) is 53.9 Å². The summed E-state index contributed by atoms with van der Waals surface area (Å²) in [7, 11) is 0. The Bertz CT molecular complexity index is 1220. The molecule has 0 atom stereocenters. The second kappa shape index (κ2) is 9.87. The summed E-state index contributed by atoms with van der Waals surface area (Å²) >= 11 is 1.35. The van der Waals surface area contributed by atoms with Crippen LogP contribution in [0.5, 0.6) is 0 Å². The highest BCUT2D eigenvalue weighted by Crippen LogP contribution is 2.44. The summed E-state index contributed by atoms with van der Waals surface area (Å²) in [5, 5.41) is 16.9. The molecule has 0 radical (unpaired) electrons. The maximum Gasteiger partial charge on any atom is 0.407 e. The van der Waals surface area contributed by atoms with E-state index in [1.807, 2.05) is 24.3 Å². The molecule has 1 aromatic heterocycles. The van der Waals surface area contributed by atoms with E-state index in [2.05, 4.69) is 39.9 Å². The SMILES string of the molecule is O=C(NCCc1nc(C(=O)NC2CC(C(=O)O)C2)cs1)OCC1c2ccccc2-c2ccccc21. The van der Waals surface area contributed by atoms with E-state index in [1.165, 1.54) is 22.5 Å². The predicted octanol–water partition coefficient (Wildman–Crippen LogP) is 3.82. The highest BCUT2D eigenvalue weighted by atomic mass is 32.1. The molecule has 1 heterocycles. The molecule has 3 N–H and O–H groups in total. The Balaban J connectivity index is 1.07. The number of hydrogen-bond donors (Lipinski definition) is 3. The van der Waals surface area contributed by atoms with Crippen LogP contribution >= 0.6 is 11.3 Å². The van der Waals surface area contributed by atoms with Crippen molar-refractivity contribution in [3.8, 4) is 11.1 Å². The molecule has 5 rings (SSSR count). The highest BCUT2D eigenvalue weighted by Gasteiger charge is 2.35. The maximum absolute atomic E-state index is 12.3. The monoisotopic (exact) mass is 491 g/mol. The minimum atomic E-state index is -0.824. The molecule has 3 aromatic rings. The molecule has 180 valence electrons. The molecule has 2 aromatic carbocycles. The van der Waals surface area contributed by atoms with Gasteiger partial charge in [0.2, 0.25) is 0 Å². The smallest absolute Gasteiger partial charge is 0.407 e. The quantitative estimate of drug-likeness (QED) is 0.441. The second-order valence-electron chi connectivity index (χ2n) is 8.81. The Kier molecular flexibility index (Phi) is 6.50. The van der Waals surface area contributed by atoms with Gasteiger partial charge in [-0.1, -0.05) is 48.5 Å². The van der Waals surface area contributed by atoms with Crippen molar-refractivity contribution in [2.45, 2.75) is 31.2 Å². The summed E-state index contributed by atoms with van der Waals surface area (Å²) in [6, 6.07) is 16.2. The standard InChI is InChI=1S/C26H25N3O5S/c30-24(28-16-11-15(12-16)25(31)32)22-14-35-23(29-22)9-10-27-26(33)34-13-21-19-7-3-1-5-17(19)18-6-2-4-8-20(18)21/h1-8,14-16,21H,9-13H2,(H,27,33)(H,28,30)(H,31,32). The van der Waals surface area contributed by atoms with Gasteiger partial charge in [-0.2, -0.15) is 0 Å². The van der Waals surface area contributed by atoms with Crippen molar-refractivity contribution in [2.75, 3.05) is 13.2 Å². The van der Waals surface area contributed by atoms with Crippen LogP contribution in [0.4, 0.5) is 4.79 Å². The van der Waals surface area contributed by atoms with Gasteiger partial charge in [-0.05, 0) is 35.1 Å². The summed E-state index contributed by atoms with van der Waals surface area (Å²) in [5.41, 5.74) is 5.00. The van der Waals surface area contributed by atoms with Crippen LogP contribution in [0.2, 0.25) is 0 Å². The van der Waals surface area contributed by atoms with Crippen LogP contribution in [0.1, 0.15) is 45.4 Å². The molecular formula is C26H25N3O5S. The number of amides is 2. The van der Waals surface area contributed by atoms with Gasteiger partial charge in [0.15, 0.2) is 0 Å². The first-order valence-corrected chi connectivity index (χ1v) is 12.4. The van der Waals surface area contributed by atoms with Crippen molar-refractivity contribution < 1.29 is 24.2 Å². The van der Waals surface area contributed by atoms with Crippen LogP contribution in [-0.2, 0) is 16.0 Å². The Morgan fingerprint density at radius 3 is 2.34 bits per heavy atom. The van der Waals surface area contributed by atoms with Gasteiger partial charge in [-0.3, -0.25) is 9.59 Å². The van der Waals surface area contributed by atoms with Crippen LogP contribution in [0.25, 0.3) is 11.1 Å². The normalized spacial score (nSPS) is 18.2. The molecule has 2 amide bonds. The number of fused-ring (bicyclic) bond motifs is 3. The molecular weight excluding hydrogens is 466 g/mol. The first-order valence-electron chi connectivity index (χ1n) is 11.6. The van der Waals surface area contributed by atoms with Gasteiger partial charge in [-0.15, -0.1) is 11.3 Å². The lowest BCUT2D eigenvalue weighted by Gasteiger charge is -2.32. The molecule has 2 aliphatic rings. The van der Waals surface area contributed by atoms with Crippen molar-refractivity contribution in [1.82, 2.24) is 15.6 Å². The number of aliphatic carboxylic acids is 1. The fraction of sp³-hybridized carbons (Fsp3) is 0.308. The number of thiazole rings is 1. The van der Waals surface area contributed by atoms with E-state index in [9.17, 15) is 14.4 Å². The largest absolute Gasteiger partial charge is 0.481 e. The summed E-state index contributed by atoms with van der Waals surface area (Å²) < 4.78 is 5.54. The molecule has 35 heavy (non-hydrogen) atoms. The van der Waals surface area contributed by atoms with Crippen molar-refractivity contribution in [2.24, 2.45) is 5.92 Å². The molecule has 0 spiro atoms. The third-order valence-electron chi connectivity index (χ3n) is 6.56. The van der Waals surface area contributed by atoms with Crippen LogP contribution in [0, 0.1) is 5.92 Å². The zero-order valence-corrected chi connectivity index (χ0v) is 19.7. The zero-order chi connectivity index (χ0) is 24.4. The summed E-state index contributed by atoms with van der Waals surface area (Å²) in [6.45, 7) is 0.597. The predicted molar refractivity (Wildman–Crippen MR) is 131 cm³/mol. The summed E-state index contributed by atoms with van der Waals surface area (Å²) in [4.78, 5) is 39.8. The Labute approximate surface area is 206 Å². The number of rotatable bonds is 8. The second-order valence-corrected chi connectivity index (χ2v) is 9.75. The number of aromatic nitrogens is 1. The molecule has 0 saturated heterocycles. The van der Waals surface area contributed by atoms with E-state index >= 15 is 0 Å². The van der Waals surface area contributed by atoms with Gasteiger partial charge in [0.1, 0.15) is 12.3 Å². The molecule has 0 aliphatic heterocycles. The number of carboxylic acids is 1. The number of nitrogens with zero attached hydrogens (tertiary/aromatic N) is 1. The lowest BCUT2D eigenvalue weighted by atomic mass is 9.80. The number of alkyl carbamates (subject to hydrolysis) is 1. The average molecular weight is 492 g/mol. The van der Waals surface area contributed by atoms with E-state index in [1.54, 1.807) is 5.38 Å². The Morgan fingerprint density at radius 2 is 1.69 bits per heavy atom. The first kappa shape index (κ1) is 23.0. The van der Waals surface area contributed by atoms with E-state index in [0.717, 1.165) is 16.1 Å². The lowest BCUT2D eigenvalue weighted by molar-refractivity contribution is -0.145. The number of carboxylic acid groups (broad SMARTS) is 1. The van der Waals surface area contributed by atoms with Crippen LogP contribution < -0.4 is 10.6 Å². The molecule has 0 unspecified atom stereocenters. The third kappa shape index (κ3) is 4.90. The van der Waals surface area contributed by atoms with Crippen molar-refractivity contribution >= 4 is 29.3 Å². The Morgan fingerprint density at radius 1 is 1.03 bits per heavy atom. The Hall–Kier alpha value is -3.72. The van der Waals surface area contributed by atoms with Crippen molar-refractivity contribution in [3.63, 3.8) is 0 Å². The van der Waals surface area contributed by atoms with E-state index < -0.39 is 12.1 Å². The molecule has 8 nitrogen and oxygen atoms in total. The molecule has 2 aliphatic carbocycles. The van der Waals surface area contributed by atoms with Crippen LogP contribution in [0.3, 0.4) is 0 Å². The van der Waals surface area contributed by atoms with Gasteiger partial charge in [0.05, 0.1) is 10.9 Å². The van der Waals surface area contributed by atoms with E-state index in [0.29, 0.717) is 31.5 Å². The number of ether oxygens (including phenoxy) is 1. The summed E-state index contributed by atoms with van der Waals surface area (Å²) in [5.74, 6) is -1.49. The zero-order valence-electron chi connectivity index (χ0n) is 18.9. The van der Waals surface area contributed by atoms with Gasteiger partial charge in [0, 0.05) is 30.3 Å². The number of carbonyl (C=O) groups excluding carboxylic acids is 2. The fourth-order valence-corrected chi connectivity index (χ4v) is 5.43. The number of hydrogen-bond acceptors (Lipinski definition) is 6. The number of carbonyl (C=O) groups is 3. The summed E-state index contributed by atoms with van der Waals surface area (Å²) in [6.07, 6.45) is 0.885. The average Bonchev–Trinajstić information content (AvgIpc) is 3.42. The third-order valence-corrected chi connectivity index (χ3v) is 7.47. The fourth-order valence-electron chi connectivity index (χ4n) is 4.65. The molecule has 9 heteroatoms. The van der Waals surface area contributed by atoms with E-state index in [4.69, 9.17) is 9.84 Å².